The van der Waals surface area contributed by atoms with Crippen LogP contribution in [-0.2, 0) is 16.3 Å². The van der Waals surface area contributed by atoms with E-state index in [9.17, 15) is 18.0 Å². The van der Waals surface area contributed by atoms with Crippen LogP contribution in [0.2, 0.25) is 0 Å². The topological polar surface area (TPSA) is 118 Å². The van der Waals surface area contributed by atoms with Gasteiger partial charge in [-0.1, -0.05) is 5.16 Å². The van der Waals surface area contributed by atoms with Gasteiger partial charge in [0.15, 0.2) is 18.2 Å². The number of aliphatic hydroxyl groups excluding tert-OH is 1. The molecule has 0 saturated heterocycles. The average molecular weight is 576 g/mol. The summed E-state index contributed by atoms with van der Waals surface area (Å²) < 4.78 is 49.4. The number of hydrogen-bond donors (Lipinski definition) is 3. The minimum absolute atomic E-state index is 0.161. The fraction of sp³-hybridized carbons (Fsp3) is 0.150. The lowest BCUT2D eigenvalue weighted by atomic mass is 10.1. The Kier molecular flexibility index (Phi) is 8.62. The highest BCUT2D eigenvalue weighted by atomic mass is 127. The van der Waals surface area contributed by atoms with Crippen molar-refractivity contribution in [2.45, 2.75) is 6.61 Å². The maximum absolute atomic E-state index is 15.0. The number of benzene rings is 2. The molecule has 0 bridgehead atoms. The Morgan fingerprint density at radius 2 is 2.09 bits per heavy atom. The van der Waals surface area contributed by atoms with E-state index in [1.54, 1.807) is 6.07 Å². The highest BCUT2D eigenvalue weighted by molar-refractivity contribution is 14.1. The molecule has 0 unspecified atom stereocenters. The van der Waals surface area contributed by atoms with Gasteiger partial charge in [-0.25, -0.2) is 23.6 Å². The van der Waals surface area contributed by atoms with Crippen molar-refractivity contribution >= 4 is 46.1 Å². The number of nitrogens with zero attached hydrogens (tertiary/aromatic N) is 2. The number of carbonyl (C=O) groups excluding carboxylic acids is 1. The van der Waals surface area contributed by atoms with Gasteiger partial charge in [-0.3, -0.25) is 9.63 Å². The number of halogens is 4. The minimum Gasteiger partial charge on any atom is -0.446 e. The van der Waals surface area contributed by atoms with Crippen LogP contribution in [0.4, 0.5) is 24.5 Å². The van der Waals surface area contributed by atoms with Crippen LogP contribution in [0.25, 0.3) is 0 Å². The Morgan fingerprint density at radius 3 is 2.79 bits per heavy atom. The molecule has 1 amide bonds. The van der Waals surface area contributed by atoms with E-state index in [0.717, 1.165) is 12.3 Å². The van der Waals surface area contributed by atoms with Gasteiger partial charge in [0.2, 0.25) is 5.89 Å². The molecule has 0 saturated carbocycles. The smallest absolute Gasteiger partial charge is 0.277 e. The van der Waals surface area contributed by atoms with Crippen molar-refractivity contribution in [2.75, 3.05) is 18.5 Å². The SMILES string of the molecule is O=C(NOCc1ncco1)c1cc(C=NOCCO)c(F)c(F)c1Nc1ccc(I)cc1F. The molecule has 1 heterocycles. The van der Waals surface area contributed by atoms with Gasteiger partial charge in [0, 0.05) is 9.13 Å². The molecule has 0 spiro atoms. The van der Waals surface area contributed by atoms with Crippen molar-refractivity contribution in [2.24, 2.45) is 5.16 Å². The van der Waals surface area contributed by atoms with E-state index < -0.39 is 40.2 Å². The zero-order chi connectivity index (χ0) is 23.8. The van der Waals surface area contributed by atoms with Crippen LogP contribution in [-0.4, -0.2) is 35.4 Å². The second-order valence-electron chi connectivity index (χ2n) is 6.20. The summed E-state index contributed by atoms with van der Waals surface area (Å²) in [6.07, 6.45) is 3.50. The molecule has 2 aromatic carbocycles. The summed E-state index contributed by atoms with van der Waals surface area (Å²) in [6, 6.07) is 5.00. The van der Waals surface area contributed by atoms with Gasteiger partial charge in [-0.05, 0) is 46.9 Å². The second kappa shape index (κ2) is 11.6. The van der Waals surface area contributed by atoms with Crippen molar-refractivity contribution in [1.29, 1.82) is 0 Å². The largest absolute Gasteiger partial charge is 0.446 e. The molecule has 33 heavy (non-hydrogen) atoms. The third-order valence-corrected chi connectivity index (χ3v) is 4.63. The third-order valence-electron chi connectivity index (χ3n) is 3.96. The molecule has 3 aromatic rings. The molecular formula is C20H16F3IN4O5. The molecule has 0 aliphatic carbocycles. The summed E-state index contributed by atoms with van der Waals surface area (Å²) >= 11 is 1.89. The predicted octanol–water partition coefficient (Wildman–Crippen LogP) is 3.64. The maximum Gasteiger partial charge on any atom is 0.277 e. The number of rotatable bonds is 10. The Morgan fingerprint density at radius 1 is 1.27 bits per heavy atom. The van der Waals surface area contributed by atoms with Gasteiger partial charge >= 0.3 is 0 Å². The molecular weight excluding hydrogens is 560 g/mol. The van der Waals surface area contributed by atoms with Crippen LogP contribution in [0.1, 0.15) is 21.8 Å². The maximum atomic E-state index is 15.0. The molecule has 0 fully saturated rings. The quantitative estimate of drug-likeness (QED) is 0.146. The van der Waals surface area contributed by atoms with E-state index in [4.69, 9.17) is 14.4 Å². The Labute approximate surface area is 198 Å². The van der Waals surface area contributed by atoms with Crippen LogP contribution in [0, 0.1) is 21.0 Å². The second-order valence-corrected chi connectivity index (χ2v) is 7.45. The lowest BCUT2D eigenvalue weighted by Crippen LogP contribution is -2.25. The molecule has 174 valence electrons. The first-order valence-electron chi connectivity index (χ1n) is 9.21. The number of hydrogen-bond acceptors (Lipinski definition) is 8. The fourth-order valence-electron chi connectivity index (χ4n) is 2.50. The summed E-state index contributed by atoms with van der Waals surface area (Å²) in [5, 5.41) is 14.5. The highest BCUT2D eigenvalue weighted by Crippen LogP contribution is 2.30. The number of oxazole rings is 1. The van der Waals surface area contributed by atoms with Crippen LogP contribution < -0.4 is 10.8 Å². The lowest BCUT2D eigenvalue weighted by Gasteiger charge is -2.15. The summed E-state index contributed by atoms with van der Waals surface area (Å²) in [4.78, 5) is 26.2. The average Bonchev–Trinajstić information content (AvgIpc) is 3.30. The van der Waals surface area contributed by atoms with Crippen molar-refractivity contribution in [3.05, 3.63) is 74.8 Å². The molecule has 9 nitrogen and oxygen atoms in total. The molecule has 0 aliphatic rings. The van der Waals surface area contributed by atoms with Crippen LogP contribution in [0.15, 0.2) is 46.3 Å². The van der Waals surface area contributed by atoms with Crippen LogP contribution >= 0.6 is 22.6 Å². The molecule has 3 N–H and O–H groups in total. The fourth-order valence-corrected chi connectivity index (χ4v) is 2.95. The molecule has 1 aromatic heterocycles. The van der Waals surface area contributed by atoms with Crippen molar-refractivity contribution < 1.29 is 37.2 Å². The van der Waals surface area contributed by atoms with Crippen molar-refractivity contribution in [3.63, 3.8) is 0 Å². The van der Waals surface area contributed by atoms with Gasteiger partial charge < -0.3 is 19.7 Å². The number of nitrogens with one attached hydrogen (secondary N) is 2. The highest BCUT2D eigenvalue weighted by Gasteiger charge is 2.23. The number of aliphatic hydroxyl groups is 1. The first-order chi connectivity index (χ1) is 15.9. The molecule has 0 atom stereocenters. The van der Waals surface area contributed by atoms with Gasteiger partial charge in [0.05, 0.1) is 36.0 Å². The number of anilines is 2. The number of amides is 1. The Hall–Kier alpha value is -3.17. The normalized spacial score (nSPS) is 11.1. The first-order valence-corrected chi connectivity index (χ1v) is 10.3. The van der Waals surface area contributed by atoms with E-state index in [2.05, 4.69) is 25.8 Å². The van der Waals surface area contributed by atoms with E-state index in [1.165, 1.54) is 24.6 Å². The van der Waals surface area contributed by atoms with E-state index in [0.29, 0.717) is 3.57 Å². The number of aromatic nitrogens is 1. The third kappa shape index (κ3) is 6.43. The molecule has 0 aliphatic heterocycles. The molecule has 3 rings (SSSR count). The van der Waals surface area contributed by atoms with E-state index >= 15 is 0 Å². The zero-order valence-corrected chi connectivity index (χ0v) is 18.8. The van der Waals surface area contributed by atoms with Crippen LogP contribution in [0.3, 0.4) is 0 Å². The monoisotopic (exact) mass is 576 g/mol. The lowest BCUT2D eigenvalue weighted by molar-refractivity contribution is 0.0157. The summed E-state index contributed by atoms with van der Waals surface area (Å²) in [5.74, 6) is -4.38. The van der Waals surface area contributed by atoms with Gasteiger partial charge in [0.25, 0.3) is 5.91 Å². The Bertz CT molecular complexity index is 1150. The summed E-state index contributed by atoms with van der Waals surface area (Å²) in [6.45, 7) is -0.747. The summed E-state index contributed by atoms with van der Waals surface area (Å²) in [7, 11) is 0. The van der Waals surface area contributed by atoms with Crippen molar-refractivity contribution in [3.8, 4) is 0 Å². The van der Waals surface area contributed by atoms with E-state index in [1.807, 2.05) is 22.6 Å². The minimum atomic E-state index is -1.46. The van der Waals surface area contributed by atoms with Crippen LogP contribution in [0.5, 0.6) is 0 Å². The number of hydroxylamine groups is 1. The number of carbonyl (C=O) groups is 1. The Balaban J connectivity index is 1.93. The molecule has 13 heteroatoms. The van der Waals surface area contributed by atoms with E-state index in [-0.39, 0.29) is 31.4 Å². The predicted molar refractivity (Wildman–Crippen MR) is 118 cm³/mol. The first kappa shape index (κ1) is 24.5. The number of oxime groups is 1. The zero-order valence-electron chi connectivity index (χ0n) is 16.6. The standard InChI is InChI=1S/C20H16F3IN4O5/c21-14-8-12(24)1-2-15(14)27-19-13(20(30)28-33-10-16-25-3-5-31-16)7-11(17(22)18(19)23)9-26-32-6-4-29/h1-3,5,7-9,27,29H,4,6,10H2,(H,28,30). The van der Waals surface area contributed by atoms with Gasteiger partial charge in [-0.15, -0.1) is 0 Å². The molecule has 0 radical (unpaired) electrons. The van der Waals surface area contributed by atoms with Gasteiger partial charge in [-0.2, -0.15) is 0 Å². The summed E-state index contributed by atoms with van der Waals surface area (Å²) in [5.41, 5.74) is 0.407. The van der Waals surface area contributed by atoms with Crippen molar-refractivity contribution in [1.82, 2.24) is 10.5 Å². The van der Waals surface area contributed by atoms with Gasteiger partial charge in [0.1, 0.15) is 18.7 Å².